The van der Waals surface area contributed by atoms with E-state index in [4.69, 9.17) is 0 Å². The molecular formula is C16H23N3O2. The molecule has 2 amide bonds. The molecule has 5 heteroatoms. The number of aromatic nitrogens is 1. The van der Waals surface area contributed by atoms with Crippen molar-refractivity contribution in [1.29, 1.82) is 0 Å². The van der Waals surface area contributed by atoms with Gasteiger partial charge in [-0.15, -0.1) is 0 Å². The lowest BCUT2D eigenvalue weighted by atomic mass is 10.1. The number of piperazine rings is 1. The van der Waals surface area contributed by atoms with Gasteiger partial charge in [0.15, 0.2) is 0 Å². The standard InChI is InChI=1S/C16H23N3O2/c1-11-9-14(12(2)17-11)10-15(20)18-5-7-19(8-6-18)16(21)13-3-4-13/h9,13,17H,3-8,10H2,1-2H3. The van der Waals surface area contributed by atoms with Crippen molar-refractivity contribution < 1.29 is 9.59 Å². The van der Waals surface area contributed by atoms with Crippen molar-refractivity contribution >= 4 is 11.8 Å². The Labute approximate surface area is 125 Å². The van der Waals surface area contributed by atoms with Crippen molar-refractivity contribution in [2.24, 2.45) is 5.92 Å². The maximum absolute atomic E-state index is 12.4. The second-order valence-electron chi connectivity index (χ2n) is 6.26. The van der Waals surface area contributed by atoms with E-state index in [-0.39, 0.29) is 11.8 Å². The molecule has 1 aliphatic carbocycles. The van der Waals surface area contributed by atoms with Crippen LogP contribution in [0, 0.1) is 19.8 Å². The molecule has 114 valence electrons. The van der Waals surface area contributed by atoms with Crippen LogP contribution in [0.4, 0.5) is 0 Å². The third-order valence-electron chi connectivity index (χ3n) is 4.47. The summed E-state index contributed by atoms with van der Waals surface area (Å²) in [5.74, 6) is 0.729. The minimum absolute atomic E-state index is 0.163. The number of H-pyrrole nitrogens is 1. The quantitative estimate of drug-likeness (QED) is 0.910. The molecule has 1 N–H and O–H groups in total. The molecule has 2 fully saturated rings. The predicted octanol–water partition coefficient (Wildman–Crippen LogP) is 1.25. The van der Waals surface area contributed by atoms with E-state index in [0.717, 1.165) is 29.8 Å². The zero-order valence-corrected chi connectivity index (χ0v) is 12.8. The number of aromatic amines is 1. The van der Waals surface area contributed by atoms with E-state index < -0.39 is 0 Å². The minimum Gasteiger partial charge on any atom is -0.362 e. The predicted molar refractivity (Wildman–Crippen MR) is 79.9 cm³/mol. The molecular weight excluding hydrogens is 266 g/mol. The van der Waals surface area contributed by atoms with Crippen LogP contribution in [0.5, 0.6) is 0 Å². The molecule has 21 heavy (non-hydrogen) atoms. The van der Waals surface area contributed by atoms with Gasteiger partial charge in [0.2, 0.25) is 11.8 Å². The van der Waals surface area contributed by atoms with Crippen LogP contribution in [-0.4, -0.2) is 52.8 Å². The highest BCUT2D eigenvalue weighted by Crippen LogP contribution is 2.31. The first-order valence-corrected chi connectivity index (χ1v) is 7.76. The van der Waals surface area contributed by atoms with Gasteiger partial charge in [-0.3, -0.25) is 9.59 Å². The summed E-state index contributed by atoms with van der Waals surface area (Å²) in [6.45, 7) is 6.71. The highest BCUT2D eigenvalue weighted by molar-refractivity contribution is 5.82. The zero-order chi connectivity index (χ0) is 15.0. The number of aryl methyl sites for hydroxylation is 2. The molecule has 2 heterocycles. The monoisotopic (exact) mass is 289 g/mol. The van der Waals surface area contributed by atoms with E-state index >= 15 is 0 Å². The molecule has 1 saturated carbocycles. The number of nitrogens with zero attached hydrogens (tertiary/aromatic N) is 2. The largest absolute Gasteiger partial charge is 0.362 e. The molecule has 2 aliphatic rings. The van der Waals surface area contributed by atoms with Crippen LogP contribution in [0.15, 0.2) is 6.07 Å². The van der Waals surface area contributed by atoms with Crippen molar-refractivity contribution in [3.05, 3.63) is 23.0 Å². The molecule has 1 aromatic rings. The van der Waals surface area contributed by atoms with Crippen molar-refractivity contribution in [1.82, 2.24) is 14.8 Å². The van der Waals surface area contributed by atoms with Crippen molar-refractivity contribution in [3.63, 3.8) is 0 Å². The molecule has 0 unspecified atom stereocenters. The van der Waals surface area contributed by atoms with Crippen LogP contribution >= 0.6 is 0 Å². The molecule has 0 spiro atoms. The molecule has 3 rings (SSSR count). The van der Waals surface area contributed by atoms with Crippen LogP contribution in [-0.2, 0) is 16.0 Å². The lowest BCUT2D eigenvalue weighted by Gasteiger charge is -2.35. The second kappa shape index (κ2) is 5.54. The lowest BCUT2D eigenvalue weighted by molar-refractivity contribution is -0.140. The Hall–Kier alpha value is -1.78. The fraction of sp³-hybridized carbons (Fsp3) is 0.625. The first kappa shape index (κ1) is 14.2. The Balaban J connectivity index is 1.52. The summed E-state index contributed by atoms with van der Waals surface area (Å²) in [4.78, 5) is 31.4. The van der Waals surface area contributed by atoms with Crippen molar-refractivity contribution in [2.45, 2.75) is 33.1 Å². The van der Waals surface area contributed by atoms with Gasteiger partial charge in [0.1, 0.15) is 0 Å². The summed E-state index contributed by atoms with van der Waals surface area (Å²) in [5.41, 5.74) is 3.24. The van der Waals surface area contributed by atoms with Gasteiger partial charge >= 0.3 is 0 Å². The van der Waals surface area contributed by atoms with Crippen molar-refractivity contribution in [3.8, 4) is 0 Å². The summed E-state index contributed by atoms with van der Waals surface area (Å²) in [6, 6.07) is 2.04. The molecule has 0 atom stereocenters. The normalized spacial score (nSPS) is 19.0. The number of rotatable bonds is 3. The van der Waals surface area contributed by atoms with E-state index in [1.807, 2.05) is 29.7 Å². The van der Waals surface area contributed by atoms with Gasteiger partial charge in [-0.1, -0.05) is 0 Å². The zero-order valence-electron chi connectivity index (χ0n) is 12.8. The molecule has 1 saturated heterocycles. The first-order chi connectivity index (χ1) is 10.0. The van der Waals surface area contributed by atoms with Crippen LogP contribution in [0.3, 0.4) is 0 Å². The second-order valence-corrected chi connectivity index (χ2v) is 6.26. The Morgan fingerprint density at radius 2 is 1.76 bits per heavy atom. The van der Waals surface area contributed by atoms with Crippen LogP contribution in [0.1, 0.15) is 29.8 Å². The van der Waals surface area contributed by atoms with Crippen molar-refractivity contribution in [2.75, 3.05) is 26.2 Å². The van der Waals surface area contributed by atoms with E-state index in [2.05, 4.69) is 4.98 Å². The van der Waals surface area contributed by atoms with E-state index in [9.17, 15) is 9.59 Å². The highest BCUT2D eigenvalue weighted by Gasteiger charge is 2.35. The number of nitrogens with one attached hydrogen (secondary N) is 1. The summed E-state index contributed by atoms with van der Waals surface area (Å²) >= 11 is 0. The molecule has 1 aliphatic heterocycles. The SMILES string of the molecule is Cc1cc(CC(=O)N2CCN(C(=O)C3CC3)CC2)c(C)[nH]1. The lowest BCUT2D eigenvalue weighted by Crippen LogP contribution is -2.51. The third-order valence-corrected chi connectivity index (χ3v) is 4.47. The van der Waals surface area contributed by atoms with E-state index in [1.54, 1.807) is 0 Å². The van der Waals surface area contributed by atoms with Gasteiger partial charge in [-0.05, 0) is 38.3 Å². The average molecular weight is 289 g/mol. The van der Waals surface area contributed by atoms with Crippen LogP contribution in [0.2, 0.25) is 0 Å². The van der Waals surface area contributed by atoms with Gasteiger partial charge < -0.3 is 14.8 Å². The number of amides is 2. The number of hydrogen-bond acceptors (Lipinski definition) is 2. The van der Waals surface area contributed by atoms with Gasteiger partial charge in [0.25, 0.3) is 0 Å². The Kier molecular flexibility index (Phi) is 3.74. The Bertz CT molecular complexity index is 552. The highest BCUT2D eigenvalue weighted by atomic mass is 16.2. The van der Waals surface area contributed by atoms with Gasteiger partial charge in [-0.2, -0.15) is 0 Å². The fourth-order valence-corrected chi connectivity index (χ4v) is 3.00. The van der Waals surface area contributed by atoms with Crippen LogP contribution in [0.25, 0.3) is 0 Å². The number of hydrogen-bond donors (Lipinski definition) is 1. The first-order valence-electron chi connectivity index (χ1n) is 7.76. The summed E-state index contributed by atoms with van der Waals surface area (Å²) < 4.78 is 0. The van der Waals surface area contributed by atoms with Crippen LogP contribution < -0.4 is 0 Å². The van der Waals surface area contributed by atoms with Gasteiger partial charge in [0.05, 0.1) is 6.42 Å². The topological polar surface area (TPSA) is 56.4 Å². The average Bonchev–Trinajstić information content (AvgIpc) is 3.26. The smallest absolute Gasteiger partial charge is 0.227 e. The molecule has 5 nitrogen and oxygen atoms in total. The van der Waals surface area contributed by atoms with E-state index in [0.29, 0.717) is 38.5 Å². The van der Waals surface area contributed by atoms with E-state index in [1.165, 1.54) is 0 Å². The summed E-state index contributed by atoms with van der Waals surface area (Å²) in [6.07, 6.45) is 2.54. The minimum atomic E-state index is 0.163. The number of carbonyl (C=O) groups is 2. The Morgan fingerprint density at radius 3 is 2.29 bits per heavy atom. The molecule has 0 radical (unpaired) electrons. The Morgan fingerprint density at radius 1 is 1.14 bits per heavy atom. The maximum atomic E-state index is 12.4. The maximum Gasteiger partial charge on any atom is 0.227 e. The van der Waals surface area contributed by atoms with Gasteiger partial charge in [0, 0.05) is 43.5 Å². The number of carbonyl (C=O) groups excluding carboxylic acids is 2. The third kappa shape index (κ3) is 3.12. The molecule has 0 bridgehead atoms. The molecule has 0 aromatic carbocycles. The van der Waals surface area contributed by atoms with Gasteiger partial charge in [-0.25, -0.2) is 0 Å². The summed E-state index contributed by atoms with van der Waals surface area (Å²) in [5, 5.41) is 0. The summed E-state index contributed by atoms with van der Waals surface area (Å²) in [7, 11) is 0. The molecule has 1 aromatic heterocycles. The fourth-order valence-electron chi connectivity index (χ4n) is 3.00.